The molecule has 1 aromatic heterocycles. The van der Waals surface area contributed by atoms with Gasteiger partial charge in [0, 0.05) is 16.6 Å². The van der Waals surface area contributed by atoms with Crippen LogP contribution in [0.5, 0.6) is 0 Å². The molecule has 0 radical (unpaired) electrons. The van der Waals surface area contributed by atoms with Crippen LogP contribution in [0, 0.1) is 0 Å². The zero-order valence-corrected chi connectivity index (χ0v) is 13.2. The van der Waals surface area contributed by atoms with Crippen LogP contribution in [0.1, 0.15) is 44.2 Å². The Bertz CT molecular complexity index is 753. The Labute approximate surface area is 131 Å². The standard InChI is InChI=1S/C16H16ClF3N2/c1-8-7-15(2,3)22-13-6-12-10(4-9(8)13)11(16(18,19)20)5-14(17)21-12/h4-6,8,22H,7H2,1-3H3. The van der Waals surface area contributed by atoms with Gasteiger partial charge in [0.15, 0.2) is 0 Å². The Morgan fingerprint density at radius 3 is 2.59 bits per heavy atom. The van der Waals surface area contributed by atoms with Gasteiger partial charge in [-0.2, -0.15) is 13.2 Å². The highest BCUT2D eigenvalue weighted by Crippen LogP contribution is 2.43. The molecule has 1 aliphatic rings. The number of nitrogens with zero attached hydrogens (tertiary/aromatic N) is 1. The molecule has 2 heterocycles. The Kier molecular flexibility index (Phi) is 3.33. The summed E-state index contributed by atoms with van der Waals surface area (Å²) in [5, 5.41) is 3.32. The second-order valence-corrected chi connectivity index (χ2v) is 6.95. The summed E-state index contributed by atoms with van der Waals surface area (Å²) in [6, 6.07) is 4.16. The highest BCUT2D eigenvalue weighted by molar-refractivity contribution is 6.30. The third-order valence-electron chi connectivity index (χ3n) is 4.07. The molecule has 0 bridgehead atoms. The zero-order valence-electron chi connectivity index (χ0n) is 12.5. The van der Waals surface area contributed by atoms with Gasteiger partial charge in [0.05, 0.1) is 11.1 Å². The summed E-state index contributed by atoms with van der Waals surface area (Å²) in [6.07, 6.45) is -3.60. The molecule has 118 valence electrons. The van der Waals surface area contributed by atoms with E-state index < -0.39 is 11.7 Å². The number of benzene rings is 1. The number of fused-ring (bicyclic) bond motifs is 2. The third kappa shape index (κ3) is 2.62. The summed E-state index contributed by atoms with van der Waals surface area (Å²) in [4.78, 5) is 4.06. The molecule has 2 aromatic rings. The summed E-state index contributed by atoms with van der Waals surface area (Å²) < 4.78 is 39.7. The van der Waals surface area contributed by atoms with Crippen LogP contribution in [0.2, 0.25) is 5.15 Å². The lowest BCUT2D eigenvalue weighted by Gasteiger charge is -2.37. The van der Waals surface area contributed by atoms with Gasteiger partial charge >= 0.3 is 6.18 Å². The smallest absolute Gasteiger partial charge is 0.380 e. The molecule has 0 saturated carbocycles. The van der Waals surface area contributed by atoms with E-state index in [1.165, 1.54) is 0 Å². The average Bonchev–Trinajstić information content (AvgIpc) is 2.33. The maximum Gasteiger partial charge on any atom is 0.417 e. The maximum atomic E-state index is 13.2. The van der Waals surface area contributed by atoms with Crippen LogP contribution in [0.3, 0.4) is 0 Å². The van der Waals surface area contributed by atoms with E-state index >= 15 is 0 Å². The van der Waals surface area contributed by atoms with Gasteiger partial charge in [-0.3, -0.25) is 0 Å². The van der Waals surface area contributed by atoms with Crippen LogP contribution >= 0.6 is 11.6 Å². The van der Waals surface area contributed by atoms with Crippen molar-refractivity contribution < 1.29 is 13.2 Å². The summed E-state index contributed by atoms with van der Waals surface area (Å²) >= 11 is 5.77. The molecule has 22 heavy (non-hydrogen) atoms. The van der Waals surface area contributed by atoms with Crippen LogP contribution in [0.15, 0.2) is 18.2 Å². The van der Waals surface area contributed by atoms with E-state index in [0.29, 0.717) is 0 Å². The lowest BCUT2D eigenvalue weighted by Crippen LogP contribution is -2.36. The SMILES string of the molecule is CC1CC(C)(C)Nc2cc3nc(Cl)cc(C(F)(F)F)c3cc21. The van der Waals surface area contributed by atoms with Crippen molar-refractivity contribution >= 4 is 28.2 Å². The molecule has 1 N–H and O–H groups in total. The Hall–Kier alpha value is -1.49. The molecule has 1 unspecified atom stereocenters. The molecule has 1 atom stereocenters. The molecule has 1 aliphatic heterocycles. The third-order valence-corrected chi connectivity index (χ3v) is 4.27. The van der Waals surface area contributed by atoms with Gasteiger partial charge in [-0.15, -0.1) is 0 Å². The Morgan fingerprint density at radius 1 is 1.27 bits per heavy atom. The molecular weight excluding hydrogens is 313 g/mol. The minimum atomic E-state index is -4.45. The van der Waals surface area contributed by atoms with Crippen molar-refractivity contribution in [3.05, 3.63) is 34.5 Å². The Balaban J connectivity index is 2.29. The zero-order chi connectivity index (χ0) is 16.3. The summed E-state index contributed by atoms with van der Waals surface area (Å²) in [5.74, 6) is 0.174. The van der Waals surface area contributed by atoms with Gasteiger partial charge in [-0.25, -0.2) is 4.98 Å². The number of aromatic nitrogens is 1. The fourth-order valence-electron chi connectivity index (χ4n) is 3.30. The molecule has 0 amide bonds. The van der Waals surface area contributed by atoms with Crippen molar-refractivity contribution in [2.75, 3.05) is 5.32 Å². The minimum absolute atomic E-state index is 0.101. The summed E-state index contributed by atoms with van der Waals surface area (Å²) in [7, 11) is 0. The van der Waals surface area contributed by atoms with Gasteiger partial charge in [-0.1, -0.05) is 18.5 Å². The van der Waals surface area contributed by atoms with Crippen molar-refractivity contribution in [2.45, 2.75) is 44.8 Å². The van der Waals surface area contributed by atoms with Crippen LogP contribution in [0.25, 0.3) is 10.9 Å². The fraction of sp³-hybridized carbons (Fsp3) is 0.438. The molecule has 6 heteroatoms. The first kappa shape index (κ1) is 15.4. The molecule has 3 rings (SSSR count). The first-order chi connectivity index (χ1) is 10.1. The maximum absolute atomic E-state index is 13.2. The Morgan fingerprint density at radius 2 is 1.95 bits per heavy atom. The van der Waals surface area contributed by atoms with Crippen molar-refractivity contribution in [3.63, 3.8) is 0 Å². The minimum Gasteiger partial charge on any atom is -0.380 e. The van der Waals surface area contributed by atoms with Crippen molar-refractivity contribution in [3.8, 4) is 0 Å². The summed E-state index contributed by atoms with van der Waals surface area (Å²) in [6.45, 7) is 6.18. The largest absolute Gasteiger partial charge is 0.417 e. The van der Waals surface area contributed by atoms with Crippen LogP contribution in [0.4, 0.5) is 18.9 Å². The first-order valence-electron chi connectivity index (χ1n) is 7.06. The molecule has 1 aromatic carbocycles. The van der Waals surface area contributed by atoms with Gasteiger partial charge < -0.3 is 5.32 Å². The van der Waals surface area contributed by atoms with Crippen LogP contribution in [-0.4, -0.2) is 10.5 Å². The van der Waals surface area contributed by atoms with E-state index in [9.17, 15) is 13.2 Å². The molecular formula is C16H16ClF3N2. The molecule has 0 aliphatic carbocycles. The predicted octanol–water partition coefficient (Wildman–Crippen LogP) is 5.60. The normalized spacial score (nSPS) is 20.6. The van der Waals surface area contributed by atoms with Gasteiger partial charge in [0.2, 0.25) is 0 Å². The number of halogens is 4. The molecule has 0 saturated heterocycles. The van der Waals surface area contributed by atoms with E-state index in [4.69, 9.17) is 11.6 Å². The highest BCUT2D eigenvalue weighted by atomic mass is 35.5. The quantitative estimate of drug-likeness (QED) is 0.636. The van der Waals surface area contributed by atoms with Gasteiger partial charge in [0.1, 0.15) is 5.15 Å². The topological polar surface area (TPSA) is 24.9 Å². The lowest BCUT2D eigenvalue weighted by atomic mass is 9.81. The van der Waals surface area contributed by atoms with E-state index in [1.807, 2.05) is 6.92 Å². The van der Waals surface area contributed by atoms with E-state index in [2.05, 4.69) is 24.1 Å². The van der Waals surface area contributed by atoms with Gasteiger partial charge in [-0.05, 0) is 49.9 Å². The molecule has 2 nitrogen and oxygen atoms in total. The van der Waals surface area contributed by atoms with Gasteiger partial charge in [0.25, 0.3) is 0 Å². The van der Waals surface area contributed by atoms with Crippen molar-refractivity contribution in [1.29, 1.82) is 0 Å². The summed E-state index contributed by atoms with van der Waals surface area (Å²) in [5.41, 5.74) is 1.14. The number of rotatable bonds is 0. The van der Waals surface area contributed by atoms with Crippen LogP contribution < -0.4 is 5.32 Å². The molecule has 0 spiro atoms. The van der Waals surface area contributed by atoms with E-state index in [1.54, 1.807) is 12.1 Å². The number of pyridine rings is 1. The van der Waals surface area contributed by atoms with Crippen LogP contribution in [-0.2, 0) is 6.18 Å². The number of nitrogens with one attached hydrogen (secondary N) is 1. The number of anilines is 1. The van der Waals surface area contributed by atoms with E-state index in [0.717, 1.165) is 23.7 Å². The fourth-order valence-corrected chi connectivity index (χ4v) is 3.50. The number of alkyl halides is 3. The number of hydrogen-bond donors (Lipinski definition) is 1. The van der Waals surface area contributed by atoms with E-state index in [-0.39, 0.29) is 27.5 Å². The van der Waals surface area contributed by atoms with Crippen molar-refractivity contribution in [2.24, 2.45) is 0 Å². The second-order valence-electron chi connectivity index (χ2n) is 6.56. The lowest BCUT2D eigenvalue weighted by molar-refractivity contribution is -0.136. The van der Waals surface area contributed by atoms with Crippen molar-refractivity contribution in [1.82, 2.24) is 4.98 Å². The second kappa shape index (κ2) is 4.75. The average molecular weight is 329 g/mol. The molecule has 0 fully saturated rings. The highest BCUT2D eigenvalue weighted by Gasteiger charge is 2.35. The predicted molar refractivity (Wildman–Crippen MR) is 82.5 cm³/mol. The first-order valence-corrected chi connectivity index (χ1v) is 7.44. The monoisotopic (exact) mass is 328 g/mol. The number of hydrogen-bond acceptors (Lipinski definition) is 2.